The van der Waals surface area contributed by atoms with Gasteiger partial charge >= 0.3 is 0 Å². The molecule has 0 radical (unpaired) electrons. The summed E-state index contributed by atoms with van der Waals surface area (Å²) in [6.07, 6.45) is 1.75. The molecule has 1 N–H and O–H groups in total. The molecule has 4 nitrogen and oxygen atoms in total. The van der Waals surface area contributed by atoms with Crippen LogP contribution in [-0.4, -0.2) is 38.6 Å². The molecule has 0 aliphatic carbocycles. The number of aromatic hydroxyl groups is 1. The van der Waals surface area contributed by atoms with Gasteiger partial charge in [0.25, 0.3) is 0 Å². The number of phenols is 1. The first-order valence-electron chi connectivity index (χ1n) is 10.0. The molecule has 1 heterocycles. The Bertz CT molecular complexity index is 1200. The minimum Gasteiger partial charge on any atom is -0.507 e. The van der Waals surface area contributed by atoms with Crippen molar-refractivity contribution in [3.05, 3.63) is 88.5 Å². The molecule has 31 heavy (non-hydrogen) atoms. The zero-order valence-electron chi connectivity index (χ0n) is 17.1. The van der Waals surface area contributed by atoms with E-state index >= 15 is 0 Å². The van der Waals surface area contributed by atoms with Gasteiger partial charge < -0.3 is 10.0 Å². The van der Waals surface area contributed by atoms with Gasteiger partial charge in [0.2, 0.25) is 9.84 Å². The van der Waals surface area contributed by atoms with Gasteiger partial charge in [0.15, 0.2) is 0 Å². The fraction of sp³-hybridized carbons (Fsp3) is 0.250. The van der Waals surface area contributed by atoms with Crippen LogP contribution in [0.5, 0.6) is 5.75 Å². The summed E-state index contributed by atoms with van der Waals surface area (Å²) < 4.78 is 53.2. The van der Waals surface area contributed by atoms with E-state index in [0.29, 0.717) is 5.56 Å². The van der Waals surface area contributed by atoms with Crippen LogP contribution in [0.4, 0.5) is 8.78 Å². The van der Waals surface area contributed by atoms with E-state index in [4.69, 9.17) is 0 Å². The van der Waals surface area contributed by atoms with E-state index in [9.17, 15) is 22.3 Å². The van der Waals surface area contributed by atoms with Gasteiger partial charge in [0, 0.05) is 19.2 Å². The molecule has 0 amide bonds. The number of likely N-dealkylation sites (N-methyl/N-ethyl adjacent to an activating group) is 1. The fourth-order valence-electron chi connectivity index (χ4n) is 3.93. The number of hydrogen-bond acceptors (Lipinski definition) is 4. The summed E-state index contributed by atoms with van der Waals surface area (Å²) >= 11 is 0. The number of fused-ring (bicyclic) bond motifs is 1. The van der Waals surface area contributed by atoms with E-state index in [1.54, 1.807) is 24.3 Å². The van der Waals surface area contributed by atoms with Gasteiger partial charge in [0.1, 0.15) is 22.3 Å². The highest BCUT2D eigenvalue weighted by atomic mass is 32.2. The molecule has 0 aromatic heterocycles. The zero-order valence-corrected chi connectivity index (χ0v) is 17.9. The van der Waals surface area contributed by atoms with E-state index in [0.717, 1.165) is 48.7 Å². The lowest BCUT2D eigenvalue weighted by Crippen LogP contribution is -2.20. The molecule has 0 saturated carbocycles. The molecule has 4 rings (SSSR count). The van der Waals surface area contributed by atoms with Crippen molar-refractivity contribution >= 4 is 9.84 Å². The van der Waals surface area contributed by atoms with Crippen molar-refractivity contribution in [1.82, 2.24) is 4.90 Å². The van der Waals surface area contributed by atoms with Crippen LogP contribution in [0.3, 0.4) is 0 Å². The Labute approximate surface area is 180 Å². The van der Waals surface area contributed by atoms with Crippen molar-refractivity contribution in [3.8, 4) is 5.75 Å². The number of halogens is 2. The fourth-order valence-corrected chi connectivity index (χ4v) is 5.31. The minimum absolute atomic E-state index is 0.0580. The van der Waals surface area contributed by atoms with Crippen molar-refractivity contribution in [2.45, 2.75) is 29.1 Å². The van der Waals surface area contributed by atoms with Crippen LogP contribution in [0.15, 0.2) is 64.4 Å². The van der Waals surface area contributed by atoms with Crippen molar-refractivity contribution < 1.29 is 22.3 Å². The molecular weight excluding hydrogens is 420 g/mol. The van der Waals surface area contributed by atoms with Crippen LogP contribution in [0.25, 0.3) is 0 Å². The van der Waals surface area contributed by atoms with E-state index in [2.05, 4.69) is 4.90 Å². The Morgan fingerprint density at radius 2 is 1.45 bits per heavy atom. The second-order valence-corrected chi connectivity index (χ2v) is 9.91. The maximum absolute atomic E-state index is 13.4. The Kier molecular flexibility index (Phi) is 5.81. The molecule has 1 aliphatic rings. The van der Waals surface area contributed by atoms with Crippen molar-refractivity contribution in [1.29, 1.82) is 0 Å². The number of phenolic OH excluding ortho intramolecular Hbond substituents is 1. The number of hydrogen-bond donors (Lipinski definition) is 1. The first kappa shape index (κ1) is 21.5. The number of sulfone groups is 1. The minimum atomic E-state index is -3.92. The van der Waals surface area contributed by atoms with E-state index in [1.807, 2.05) is 7.05 Å². The number of benzene rings is 3. The predicted molar refractivity (Wildman–Crippen MR) is 114 cm³/mol. The molecule has 162 valence electrons. The van der Waals surface area contributed by atoms with Gasteiger partial charge in [-0.15, -0.1) is 0 Å². The van der Waals surface area contributed by atoms with Crippen LogP contribution in [0.1, 0.15) is 22.3 Å². The summed E-state index contributed by atoms with van der Waals surface area (Å²) in [6, 6.07) is 12.6. The van der Waals surface area contributed by atoms with Gasteiger partial charge in [-0.1, -0.05) is 12.1 Å². The van der Waals surface area contributed by atoms with Crippen molar-refractivity contribution in [3.63, 3.8) is 0 Å². The summed E-state index contributed by atoms with van der Waals surface area (Å²) in [6.45, 7) is 1.68. The van der Waals surface area contributed by atoms with Crippen molar-refractivity contribution in [2.75, 3.05) is 20.1 Å². The first-order valence-corrected chi connectivity index (χ1v) is 11.5. The molecule has 0 bridgehead atoms. The SMILES string of the molecule is CN1CCc2cc(O)c(S(=O)(=O)c3ccc(Cc4cc(F)cc(F)c4)cc3)cc2CC1. The third kappa shape index (κ3) is 4.62. The average molecular weight is 444 g/mol. The van der Waals surface area contributed by atoms with E-state index < -0.39 is 21.5 Å². The molecule has 7 heteroatoms. The average Bonchev–Trinajstić information content (AvgIpc) is 2.88. The summed E-state index contributed by atoms with van der Waals surface area (Å²) in [4.78, 5) is 2.13. The maximum atomic E-state index is 13.4. The van der Waals surface area contributed by atoms with Crippen LogP contribution >= 0.6 is 0 Å². The molecule has 1 aliphatic heterocycles. The largest absolute Gasteiger partial charge is 0.507 e. The molecule has 3 aromatic rings. The first-order chi connectivity index (χ1) is 14.7. The molecule has 0 spiro atoms. The van der Waals surface area contributed by atoms with Crippen molar-refractivity contribution in [2.24, 2.45) is 0 Å². The highest BCUT2D eigenvalue weighted by Gasteiger charge is 2.24. The lowest BCUT2D eigenvalue weighted by Gasteiger charge is -2.12. The highest BCUT2D eigenvalue weighted by molar-refractivity contribution is 7.91. The number of nitrogens with zero attached hydrogens (tertiary/aromatic N) is 1. The van der Waals surface area contributed by atoms with Crippen LogP contribution < -0.4 is 0 Å². The molecule has 0 unspecified atom stereocenters. The van der Waals surface area contributed by atoms with Gasteiger partial charge in [-0.25, -0.2) is 17.2 Å². The lowest BCUT2D eigenvalue weighted by atomic mass is 10.0. The topological polar surface area (TPSA) is 57.6 Å². The van der Waals surface area contributed by atoms with Gasteiger partial charge in [-0.3, -0.25) is 0 Å². The molecule has 0 fully saturated rings. The Hall–Kier alpha value is -2.77. The Balaban J connectivity index is 1.62. The smallest absolute Gasteiger partial charge is 0.210 e. The third-order valence-corrected chi connectivity index (χ3v) is 7.46. The summed E-state index contributed by atoms with van der Waals surface area (Å²) in [5, 5.41) is 10.5. The van der Waals surface area contributed by atoms with Crippen LogP contribution in [-0.2, 0) is 29.1 Å². The second kappa shape index (κ2) is 8.40. The standard InChI is InChI=1S/C24H23F2NO3S/c1-27-8-6-18-13-23(28)24(14-19(18)7-9-27)31(29,30)22-4-2-16(3-5-22)10-17-11-20(25)15-21(26)12-17/h2-5,11-15,28H,6-10H2,1H3. The van der Waals surface area contributed by atoms with Gasteiger partial charge in [-0.05, 0) is 85.0 Å². The summed E-state index contributed by atoms with van der Waals surface area (Å²) in [7, 11) is -1.90. The molecule has 0 atom stereocenters. The van der Waals surface area contributed by atoms with Crippen LogP contribution in [0, 0.1) is 11.6 Å². The normalized spacial score (nSPS) is 14.8. The van der Waals surface area contributed by atoms with Gasteiger partial charge in [0.05, 0.1) is 4.90 Å². The van der Waals surface area contributed by atoms with E-state index in [1.165, 1.54) is 24.3 Å². The Morgan fingerprint density at radius 1 is 0.871 bits per heavy atom. The molecular formula is C24H23F2NO3S. The van der Waals surface area contributed by atoms with Gasteiger partial charge in [-0.2, -0.15) is 0 Å². The molecule has 0 saturated heterocycles. The lowest BCUT2D eigenvalue weighted by molar-refractivity contribution is 0.352. The third-order valence-electron chi connectivity index (χ3n) is 5.66. The quantitative estimate of drug-likeness (QED) is 0.659. The predicted octanol–water partition coefficient (Wildman–Crippen LogP) is 4.12. The zero-order chi connectivity index (χ0) is 22.2. The highest BCUT2D eigenvalue weighted by Crippen LogP contribution is 2.33. The van der Waals surface area contributed by atoms with E-state index in [-0.39, 0.29) is 22.0 Å². The van der Waals surface area contributed by atoms with Crippen LogP contribution in [0.2, 0.25) is 0 Å². The second-order valence-electron chi connectivity index (χ2n) is 7.99. The summed E-state index contributed by atoms with van der Waals surface area (Å²) in [5.41, 5.74) is 3.09. The molecule has 3 aromatic carbocycles. The summed E-state index contributed by atoms with van der Waals surface area (Å²) in [5.74, 6) is -1.55. The number of rotatable bonds is 4. The maximum Gasteiger partial charge on any atom is 0.210 e. The monoisotopic (exact) mass is 443 g/mol. The Morgan fingerprint density at radius 3 is 2.06 bits per heavy atom.